The van der Waals surface area contributed by atoms with Crippen molar-refractivity contribution < 1.29 is 18.3 Å². The average molecular weight is 340 g/mol. The summed E-state index contributed by atoms with van der Waals surface area (Å²) in [5.41, 5.74) is 5.72. The number of aliphatic hydroxyl groups is 1. The van der Waals surface area contributed by atoms with Crippen LogP contribution in [0.3, 0.4) is 0 Å². The SMILES string of the molecule is N=C(N)c1ccc(Br)cc1N(CCO)CC(F)(F)F. The molecule has 1 aromatic carbocycles. The number of aliphatic hydroxyl groups excluding tert-OH is 1. The molecule has 1 aromatic rings. The van der Waals surface area contributed by atoms with Gasteiger partial charge in [0.25, 0.3) is 0 Å². The lowest BCUT2D eigenvalue weighted by atomic mass is 10.1. The number of alkyl halides is 3. The highest BCUT2D eigenvalue weighted by molar-refractivity contribution is 9.10. The maximum absolute atomic E-state index is 12.5. The Morgan fingerprint density at radius 2 is 2.05 bits per heavy atom. The van der Waals surface area contributed by atoms with Crippen LogP contribution in [0.4, 0.5) is 18.9 Å². The topological polar surface area (TPSA) is 73.3 Å². The van der Waals surface area contributed by atoms with Crippen molar-refractivity contribution in [2.45, 2.75) is 6.18 Å². The second-order valence-corrected chi connectivity index (χ2v) is 4.75. The van der Waals surface area contributed by atoms with Gasteiger partial charge in [-0.05, 0) is 18.2 Å². The minimum atomic E-state index is -4.41. The van der Waals surface area contributed by atoms with Gasteiger partial charge in [0.05, 0.1) is 6.61 Å². The fourth-order valence-corrected chi connectivity index (χ4v) is 1.96. The van der Waals surface area contributed by atoms with Gasteiger partial charge in [-0.15, -0.1) is 0 Å². The molecule has 0 spiro atoms. The Morgan fingerprint density at radius 1 is 1.42 bits per heavy atom. The van der Waals surface area contributed by atoms with E-state index >= 15 is 0 Å². The number of nitrogens with one attached hydrogen (secondary N) is 1. The van der Waals surface area contributed by atoms with Crippen molar-refractivity contribution in [3.63, 3.8) is 0 Å². The van der Waals surface area contributed by atoms with Gasteiger partial charge in [-0.1, -0.05) is 15.9 Å². The number of hydrogen-bond acceptors (Lipinski definition) is 3. The molecule has 0 fully saturated rings. The first-order valence-electron chi connectivity index (χ1n) is 5.31. The number of amidine groups is 1. The minimum absolute atomic E-state index is 0.160. The Morgan fingerprint density at radius 3 is 2.53 bits per heavy atom. The molecule has 0 radical (unpaired) electrons. The molecule has 0 aliphatic rings. The number of anilines is 1. The van der Waals surface area contributed by atoms with Gasteiger partial charge < -0.3 is 15.7 Å². The molecule has 0 heterocycles. The van der Waals surface area contributed by atoms with Gasteiger partial charge in [0, 0.05) is 22.3 Å². The molecular formula is C11H13BrF3N3O. The molecule has 0 aliphatic heterocycles. The summed E-state index contributed by atoms with van der Waals surface area (Å²) in [6.45, 7) is -1.85. The summed E-state index contributed by atoms with van der Waals surface area (Å²) in [7, 11) is 0. The predicted molar refractivity (Wildman–Crippen MR) is 70.5 cm³/mol. The molecule has 4 nitrogen and oxygen atoms in total. The summed E-state index contributed by atoms with van der Waals surface area (Å²) in [5, 5.41) is 16.3. The van der Waals surface area contributed by atoms with Crippen molar-refractivity contribution in [3.05, 3.63) is 28.2 Å². The Hall–Kier alpha value is -1.28. The molecule has 106 valence electrons. The fourth-order valence-electron chi connectivity index (χ4n) is 1.62. The predicted octanol–water partition coefficient (Wildman–Crippen LogP) is 2.09. The van der Waals surface area contributed by atoms with Gasteiger partial charge in [0.15, 0.2) is 0 Å². The molecule has 8 heteroatoms. The molecule has 1 rings (SSSR count). The zero-order valence-corrected chi connectivity index (χ0v) is 11.4. The van der Waals surface area contributed by atoms with Crippen molar-refractivity contribution in [1.82, 2.24) is 0 Å². The Balaban J connectivity index is 3.20. The maximum Gasteiger partial charge on any atom is 0.405 e. The van der Waals surface area contributed by atoms with Gasteiger partial charge in [0.2, 0.25) is 0 Å². The van der Waals surface area contributed by atoms with E-state index in [1.54, 1.807) is 6.07 Å². The van der Waals surface area contributed by atoms with E-state index in [2.05, 4.69) is 15.9 Å². The lowest BCUT2D eigenvalue weighted by Gasteiger charge is -2.27. The molecule has 0 bridgehead atoms. The first kappa shape index (κ1) is 15.8. The molecule has 0 aromatic heterocycles. The number of rotatable bonds is 5. The average Bonchev–Trinajstić information content (AvgIpc) is 2.26. The maximum atomic E-state index is 12.5. The lowest BCUT2D eigenvalue weighted by molar-refractivity contribution is -0.119. The van der Waals surface area contributed by atoms with Crippen molar-refractivity contribution in [2.24, 2.45) is 5.73 Å². The van der Waals surface area contributed by atoms with Gasteiger partial charge >= 0.3 is 6.18 Å². The zero-order chi connectivity index (χ0) is 14.6. The number of hydrogen-bond donors (Lipinski definition) is 3. The highest BCUT2D eigenvalue weighted by Gasteiger charge is 2.31. The van der Waals surface area contributed by atoms with Crippen LogP contribution >= 0.6 is 15.9 Å². The highest BCUT2D eigenvalue weighted by Crippen LogP contribution is 2.28. The van der Waals surface area contributed by atoms with Crippen molar-refractivity contribution >= 4 is 27.5 Å². The van der Waals surface area contributed by atoms with Crippen LogP contribution in [0.2, 0.25) is 0 Å². The first-order chi connectivity index (χ1) is 8.74. The van der Waals surface area contributed by atoms with E-state index in [-0.39, 0.29) is 23.6 Å². The third kappa shape index (κ3) is 4.71. The van der Waals surface area contributed by atoms with E-state index in [4.69, 9.17) is 16.2 Å². The van der Waals surface area contributed by atoms with Crippen LogP contribution in [0, 0.1) is 5.41 Å². The molecule has 19 heavy (non-hydrogen) atoms. The number of halogens is 4. The third-order valence-electron chi connectivity index (χ3n) is 2.33. The smallest absolute Gasteiger partial charge is 0.395 e. The summed E-state index contributed by atoms with van der Waals surface area (Å²) in [4.78, 5) is 0.946. The van der Waals surface area contributed by atoms with Gasteiger partial charge in [-0.3, -0.25) is 5.41 Å². The van der Waals surface area contributed by atoms with E-state index in [9.17, 15) is 13.2 Å². The van der Waals surface area contributed by atoms with Crippen molar-refractivity contribution in [1.29, 1.82) is 5.41 Å². The Labute approximate surface area is 116 Å². The fraction of sp³-hybridized carbons (Fsp3) is 0.364. The van der Waals surface area contributed by atoms with Crippen molar-refractivity contribution in [3.8, 4) is 0 Å². The number of nitrogens with two attached hydrogens (primary N) is 1. The van der Waals surface area contributed by atoms with Crippen LogP contribution < -0.4 is 10.6 Å². The molecule has 4 N–H and O–H groups in total. The van der Waals surface area contributed by atoms with Crippen LogP contribution in [-0.2, 0) is 0 Å². The van der Waals surface area contributed by atoms with Crippen LogP contribution in [0.15, 0.2) is 22.7 Å². The molecule has 0 saturated heterocycles. The molecule has 0 unspecified atom stereocenters. The number of benzene rings is 1. The minimum Gasteiger partial charge on any atom is -0.395 e. The normalized spacial score (nSPS) is 11.4. The highest BCUT2D eigenvalue weighted by atomic mass is 79.9. The molecular weight excluding hydrogens is 327 g/mol. The van der Waals surface area contributed by atoms with Gasteiger partial charge in [0.1, 0.15) is 12.4 Å². The molecule has 0 atom stereocenters. The summed E-state index contributed by atoms with van der Waals surface area (Å²) < 4.78 is 38.2. The van der Waals surface area contributed by atoms with Crippen molar-refractivity contribution in [2.75, 3.05) is 24.6 Å². The van der Waals surface area contributed by atoms with Crippen LogP contribution in [0.1, 0.15) is 5.56 Å². The van der Waals surface area contributed by atoms with E-state index < -0.39 is 19.3 Å². The summed E-state index contributed by atoms with van der Waals surface area (Å²) in [6, 6.07) is 4.49. The molecule has 0 amide bonds. The standard InChI is InChI=1S/C11H13BrF3N3O/c12-7-1-2-8(10(16)17)9(5-7)18(3-4-19)6-11(13,14)15/h1-2,5,19H,3-4,6H2,(H3,16,17). The first-order valence-corrected chi connectivity index (χ1v) is 6.10. The second kappa shape index (κ2) is 6.25. The monoisotopic (exact) mass is 339 g/mol. The van der Waals surface area contributed by atoms with E-state index in [0.717, 1.165) is 4.90 Å². The second-order valence-electron chi connectivity index (χ2n) is 3.84. The lowest BCUT2D eigenvalue weighted by Crippen LogP contribution is -2.37. The summed E-state index contributed by atoms with van der Waals surface area (Å²) in [6.07, 6.45) is -4.41. The van der Waals surface area contributed by atoms with E-state index in [0.29, 0.717) is 4.47 Å². The molecule has 0 aliphatic carbocycles. The van der Waals surface area contributed by atoms with Gasteiger partial charge in [-0.25, -0.2) is 0 Å². The number of nitrogens with zero attached hydrogens (tertiary/aromatic N) is 1. The van der Waals surface area contributed by atoms with Crippen LogP contribution in [-0.4, -0.2) is 36.8 Å². The van der Waals surface area contributed by atoms with Gasteiger partial charge in [-0.2, -0.15) is 13.2 Å². The Bertz CT molecular complexity index is 465. The quantitative estimate of drug-likeness (QED) is 0.568. The van der Waals surface area contributed by atoms with Crippen LogP contribution in [0.25, 0.3) is 0 Å². The summed E-state index contributed by atoms with van der Waals surface area (Å²) >= 11 is 3.16. The van der Waals surface area contributed by atoms with E-state index in [1.807, 2.05) is 0 Å². The largest absolute Gasteiger partial charge is 0.405 e. The third-order valence-corrected chi connectivity index (χ3v) is 2.82. The van der Waals surface area contributed by atoms with E-state index in [1.165, 1.54) is 12.1 Å². The zero-order valence-electron chi connectivity index (χ0n) is 9.84. The Kier molecular flexibility index (Phi) is 5.19. The number of nitrogen functional groups attached to an aromatic ring is 1. The molecule has 0 saturated carbocycles. The van der Waals surface area contributed by atoms with Crippen LogP contribution in [0.5, 0.6) is 0 Å². The summed E-state index contributed by atoms with van der Waals surface area (Å²) in [5.74, 6) is -0.326.